The van der Waals surface area contributed by atoms with Crippen LogP contribution in [0, 0.1) is 10.1 Å². The number of rotatable bonds is 5. The van der Waals surface area contributed by atoms with Crippen LogP contribution in [-0.2, 0) is 9.53 Å². The molecule has 0 N–H and O–H groups in total. The number of ether oxygens (including phenoxy) is 1. The summed E-state index contributed by atoms with van der Waals surface area (Å²) >= 11 is 0. The SMILES string of the molecule is CC(=O)OC(C(=O)c1ccccc1)c1ccccc1[N+](=O)[O-]. The van der Waals surface area contributed by atoms with Crippen LogP contribution in [0.5, 0.6) is 0 Å². The Morgan fingerprint density at radius 1 is 1.05 bits per heavy atom. The number of benzene rings is 2. The van der Waals surface area contributed by atoms with Gasteiger partial charge in [0.2, 0.25) is 5.78 Å². The molecule has 6 nitrogen and oxygen atoms in total. The highest BCUT2D eigenvalue weighted by molar-refractivity contribution is 6.01. The number of Topliss-reactive ketones (excluding diaryl/α,β-unsaturated/α-hetero) is 1. The lowest BCUT2D eigenvalue weighted by molar-refractivity contribution is -0.386. The van der Waals surface area contributed by atoms with Gasteiger partial charge in [0.25, 0.3) is 5.69 Å². The van der Waals surface area contributed by atoms with Gasteiger partial charge in [-0.05, 0) is 6.07 Å². The van der Waals surface area contributed by atoms with Crippen molar-refractivity contribution in [3.63, 3.8) is 0 Å². The summed E-state index contributed by atoms with van der Waals surface area (Å²) in [5.41, 5.74) is 0.0986. The van der Waals surface area contributed by atoms with Gasteiger partial charge < -0.3 is 4.74 Å². The Labute approximate surface area is 126 Å². The van der Waals surface area contributed by atoms with E-state index >= 15 is 0 Å². The maximum Gasteiger partial charge on any atom is 0.303 e. The summed E-state index contributed by atoms with van der Waals surface area (Å²) in [7, 11) is 0. The Morgan fingerprint density at radius 3 is 2.23 bits per heavy atom. The molecule has 2 aromatic carbocycles. The molecule has 112 valence electrons. The van der Waals surface area contributed by atoms with Crippen LogP contribution in [-0.4, -0.2) is 16.7 Å². The van der Waals surface area contributed by atoms with E-state index in [1.54, 1.807) is 36.4 Å². The Kier molecular flexibility index (Phi) is 4.63. The lowest BCUT2D eigenvalue weighted by Gasteiger charge is -2.16. The highest BCUT2D eigenvalue weighted by Crippen LogP contribution is 2.30. The standard InChI is InChI=1S/C16H13NO5/c1-11(18)22-16(15(19)12-7-3-2-4-8-12)13-9-5-6-10-14(13)17(20)21/h2-10,16H,1H3. The zero-order valence-electron chi connectivity index (χ0n) is 11.8. The van der Waals surface area contributed by atoms with E-state index in [4.69, 9.17) is 4.74 Å². The first kappa shape index (κ1) is 15.4. The van der Waals surface area contributed by atoms with E-state index in [-0.39, 0.29) is 11.3 Å². The lowest BCUT2D eigenvalue weighted by atomic mass is 9.98. The molecule has 0 fully saturated rings. The largest absolute Gasteiger partial charge is 0.449 e. The van der Waals surface area contributed by atoms with Crippen LogP contribution < -0.4 is 0 Å². The van der Waals surface area contributed by atoms with E-state index in [1.165, 1.54) is 18.2 Å². The van der Waals surface area contributed by atoms with Crippen molar-refractivity contribution in [2.75, 3.05) is 0 Å². The molecule has 2 aromatic rings. The number of nitrogens with zero attached hydrogens (tertiary/aromatic N) is 1. The van der Waals surface area contributed by atoms with Crippen molar-refractivity contribution < 1.29 is 19.2 Å². The molecule has 0 saturated heterocycles. The van der Waals surface area contributed by atoms with Gasteiger partial charge in [0, 0.05) is 18.6 Å². The fraction of sp³-hybridized carbons (Fsp3) is 0.125. The van der Waals surface area contributed by atoms with Crippen LogP contribution in [0.25, 0.3) is 0 Å². The highest BCUT2D eigenvalue weighted by atomic mass is 16.6. The Hall–Kier alpha value is -3.02. The summed E-state index contributed by atoms with van der Waals surface area (Å²) in [6.07, 6.45) is -1.35. The fourth-order valence-electron chi connectivity index (χ4n) is 2.05. The predicted octanol–water partition coefficient (Wildman–Crippen LogP) is 3.08. The van der Waals surface area contributed by atoms with Crippen molar-refractivity contribution in [1.82, 2.24) is 0 Å². The van der Waals surface area contributed by atoms with Gasteiger partial charge in [0.05, 0.1) is 10.5 Å². The Balaban J connectivity index is 2.50. The van der Waals surface area contributed by atoms with Gasteiger partial charge in [0.1, 0.15) is 0 Å². The smallest absolute Gasteiger partial charge is 0.303 e. The molecule has 0 amide bonds. The van der Waals surface area contributed by atoms with Crippen LogP contribution in [0.15, 0.2) is 54.6 Å². The molecule has 0 spiro atoms. The van der Waals surface area contributed by atoms with Crippen LogP contribution in [0.2, 0.25) is 0 Å². The van der Waals surface area contributed by atoms with Crippen molar-refractivity contribution in [3.8, 4) is 0 Å². The van der Waals surface area contributed by atoms with Crippen LogP contribution >= 0.6 is 0 Å². The molecule has 0 aliphatic heterocycles. The second-order valence-electron chi connectivity index (χ2n) is 4.54. The molecule has 0 aromatic heterocycles. The summed E-state index contributed by atoms with van der Waals surface area (Å²) < 4.78 is 5.05. The van der Waals surface area contributed by atoms with Gasteiger partial charge in [-0.2, -0.15) is 0 Å². The molecule has 22 heavy (non-hydrogen) atoms. The van der Waals surface area contributed by atoms with Gasteiger partial charge in [-0.3, -0.25) is 19.7 Å². The van der Waals surface area contributed by atoms with Crippen molar-refractivity contribution in [3.05, 3.63) is 75.8 Å². The molecular formula is C16H13NO5. The predicted molar refractivity (Wildman–Crippen MR) is 78.4 cm³/mol. The van der Waals surface area contributed by atoms with Crippen molar-refractivity contribution in [2.24, 2.45) is 0 Å². The van der Waals surface area contributed by atoms with E-state index in [2.05, 4.69) is 0 Å². The van der Waals surface area contributed by atoms with Crippen LogP contribution in [0.1, 0.15) is 28.9 Å². The first-order chi connectivity index (χ1) is 10.5. The molecule has 1 atom stereocenters. The number of nitro groups is 1. The maximum atomic E-state index is 12.6. The zero-order chi connectivity index (χ0) is 16.1. The zero-order valence-corrected chi connectivity index (χ0v) is 11.8. The first-order valence-corrected chi connectivity index (χ1v) is 6.50. The van der Waals surface area contributed by atoms with Gasteiger partial charge in [-0.1, -0.05) is 42.5 Å². The van der Waals surface area contributed by atoms with E-state index < -0.39 is 22.8 Å². The normalized spacial score (nSPS) is 11.5. The minimum atomic E-state index is -1.35. The molecule has 0 bridgehead atoms. The third-order valence-corrected chi connectivity index (χ3v) is 3.00. The molecule has 6 heteroatoms. The number of para-hydroxylation sites is 1. The topological polar surface area (TPSA) is 86.5 Å². The number of hydrogen-bond donors (Lipinski definition) is 0. The second kappa shape index (κ2) is 6.62. The molecule has 0 aliphatic rings. The van der Waals surface area contributed by atoms with E-state index in [1.807, 2.05) is 0 Å². The number of nitro benzene ring substituents is 1. The summed E-state index contributed by atoms with van der Waals surface area (Å²) in [4.78, 5) is 34.4. The Morgan fingerprint density at radius 2 is 1.64 bits per heavy atom. The van der Waals surface area contributed by atoms with Gasteiger partial charge >= 0.3 is 5.97 Å². The minimum Gasteiger partial charge on any atom is -0.449 e. The fourth-order valence-corrected chi connectivity index (χ4v) is 2.05. The second-order valence-corrected chi connectivity index (χ2v) is 4.54. The van der Waals surface area contributed by atoms with Crippen molar-refractivity contribution >= 4 is 17.4 Å². The Bertz CT molecular complexity index is 711. The number of esters is 1. The minimum absolute atomic E-state index is 0.0524. The highest BCUT2D eigenvalue weighted by Gasteiger charge is 2.31. The molecule has 2 rings (SSSR count). The van der Waals surface area contributed by atoms with Gasteiger partial charge in [0.15, 0.2) is 6.10 Å². The molecular weight excluding hydrogens is 286 g/mol. The van der Waals surface area contributed by atoms with E-state index in [0.717, 1.165) is 6.92 Å². The number of carbonyl (C=O) groups excluding carboxylic acids is 2. The van der Waals surface area contributed by atoms with Gasteiger partial charge in [-0.25, -0.2) is 0 Å². The maximum absolute atomic E-state index is 12.6. The molecule has 0 saturated carbocycles. The summed E-state index contributed by atoms with van der Waals surface area (Å²) in [6, 6.07) is 13.9. The van der Waals surface area contributed by atoms with Crippen molar-refractivity contribution in [2.45, 2.75) is 13.0 Å². The lowest BCUT2D eigenvalue weighted by Crippen LogP contribution is -2.20. The van der Waals surface area contributed by atoms with E-state index in [0.29, 0.717) is 5.56 Å². The third kappa shape index (κ3) is 3.35. The van der Waals surface area contributed by atoms with E-state index in [9.17, 15) is 19.7 Å². The van der Waals surface area contributed by atoms with Crippen LogP contribution in [0.3, 0.4) is 0 Å². The molecule has 1 unspecified atom stereocenters. The van der Waals surface area contributed by atoms with Crippen LogP contribution in [0.4, 0.5) is 5.69 Å². The number of carbonyl (C=O) groups is 2. The monoisotopic (exact) mass is 299 g/mol. The third-order valence-electron chi connectivity index (χ3n) is 3.00. The van der Waals surface area contributed by atoms with Crippen molar-refractivity contribution in [1.29, 1.82) is 0 Å². The number of ketones is 1. The molecule has 0 aliphatic carbocycles. The average Bonchev–Trinajstić information content (AvgIpc) is 2.52. The summed E-state index contributed by atoms with van der Waals surface area (Å²) in [6.45, 7) is 1.15. The quantitative estimate of drug-likeness (QED) is 0.366. The first-order valence-electron chi connectivity index (χ1n) is 6.50. The molecule has 0 heterocycles. The molecule has 0 radical (unpaired) electrons. The summed E-state index contributed by atoms with van der Waals surface area (Å²) in [5, 5.41) is 11.1. The van der Waals surface area contributed by atoms with Gasteiger partial charge in [-0.15, -0.1) is 0 Å². The average molecular weight is 299 g/mol. The summed E-state index contributed by atoms with van der Waals surface area (Å²) in [5.74, 6) is -1.20. The number of hydrogen-bond acceptors (Lipinski definition) is 5.